The van der Waals surface area contributed by atoms with E-state index < -0.39 is 0 Å². The van der Waals surface area contributed by atoms with Crippen LogP contribution in [0.4, 0.5) is 0 Å². The molecule has 0 aliphatic heterocycles. The summed E-state index contributed by atoms with van der Waals surface area (Å²) in [5, 5.41) is 0. The van der Waals surface area contributed by atoms with Crippen molar-refractivity contribution in [1.29, 1.82) is 0 Å². The Kier molecular flexibility index (Phi) is 4.47. The molecule has 1 rings (SSSR count). The average Bonchev–Trinajstić information content (AvgIpc) is 2.18. The fraction of sp³-hybridized carbons (Fsp3) is 0.500. The zero-order valence-electron chi connectivity index (χ0n) is 8.99. The lowest BCUT2D eigenvalue weighted by Gasteiger charge is -2.05. The van der Waals surface area contributed by atoms with Gasteiger partial charge in [0.05, 0.1) is 7.11 Å². The molecule has 1 aromatic carbocycles. The minimum Gasteiger partial charge on any atom is -0.497 e. The summed E-state index contributed by atoms with van der Waals surface area (Å²) in [6.45, 7) is 2.05. The molecule has 1 aromatic rings. The molecular weight excluding hydrogens is 174 g/mol. The van der Waals surface area contributed by atoms with Gasteiger partial charge in [-0.3, -0.25) is 0 Å². The molecule has 2 N–H and O–H groups in total. The van der Waals surface area contributed by atoms with Gasteiger partial charge in [0.15, 0.2) is 0 Å². The molecule has 0 unspecified atom stereocenters. The number of nitrogens with two attached hydrogens (primary N) is 1. The molecule has 0 fully saturated rings. The van der Waals surface area contributed by atoms with Crippen LogP contribution in [-0.2, 0) is 6.42 Å². The Balaban J connectivity index is 2.36. The Labute approximate surface area is 86.1 Å². The van der Waals surface area contributed by atoms with E-state index in [4.69, 9.17) is 10.5 Å². The first kappa shape index (κ1) is 11.1. The van der Waals surface area contributed by atoms with Crippen LogP contribution in [-0.4, -0.2) is 13.2 Å². The highest BCUT2D eigenvalue weighted by Gasteiger charge is 1.97. The second-order valence-electron chi connectivity index (χ2n) is 3.72. The lowest BCUT2D eigenvalue weighted by atomic mass is 10.1. The average molecular weight is 193 g/mol. The summed E-state index contributed by atoms with van der Waals surface area (Å²) in [5.41, 5.74) is 7.04. The third-order valence-corrected chi connectivity index (χ3v) is 2.28. The van der Waals surface area contributed by atoms with Crippen molar-refractivity contribution in [3.05, 3.63) is 29.8 Å². The topological polar surface area (TPSA) is 35.2 Å². The maximum absolute atomic E-state index is 5.68. The smallest absolute Gasteiger partial charge is 0.118 e. The van der Waals surface area contributed by atoms with Crippen LogP contribution in [0.5, 0.6) is 5.75 Å². The van der Waals surface area contributed by atoms with E-state index in [1.807, 2.05) is 19.1 Å². The molecule has 78 valence electrons. The summed E-state index contributed by atoms with van der Waals surface area (Å²) in [6.07, 6.45) is 3.35. The predicted molar refractivity (Wildman–Crippen MR) is 59.6 cm³/mol. The van der Waals surface area contributed by atoms with Gasteiger partial charge in [-0.05, 0) is 43.9 Å². The first-order chi connectivity index (χ1) is 6.72. The van der Waals surface area contributed by atoms with Gasteiger partial charge in [0.1, 0.15) is 5.75 Å². The van der Waals surface area contributed by atoms with Crippen molar-refractivity contribution in [3.8, 4) is 5.75 Å². The molecule has 14 heavy (non-hydrogen) atoms. The number of aryl methyl sites for hydroxylation is 1. The maximum Gasteiger partial charge on any atom is 0.118 e. The number of hydrogen-bond acceptors (Lipinski definition) is 2. The van der Waals surface area contributed by atoms with Crippen molar-refractivity contribution in [2.45, 2.75) is 32.2 Å². The van der Waals surface area contributed by atoms with Gasteiger partial charge in [0.25, 0.3) is 0 Å². The van der Waals surface area contributed by atoms with Gasteiger partial charge in [-0.2, -0.15) is 0 Å². The molecule has 0 saturated carbocycles. The molecule has 0 radical (unpaired) electrons. The molecular formula is C12H19NO. The third kappa shape index (κ3) is 3.79. The summed E-state index contributed by atoms with van der Waals surface area (Å²) in [5.74, 6) is 0.918. The van der Waals surface area contributed by atoms with Crippen molar-refractivity contribution in [2.75, 3.05) is 7.11 Å². The van der Waals surface area contributed by atoms with Crippen molar-refractivity contribution < 1.29 is 4.74 Å². The molecule has 0 aliphatic rings. The van der Waals surface area contributed by atoms with Gasteiger partial charge in [-0.15, -0.1) is 0 Å². The zero-order valence-corrected chi connectivity index (χ0v) is 8.99. The summed E-state index contributed by atoms with van der Waals surface area (Å²) in [6, 6.07) is 8.54. The number of ether oxygens (including phenoxy) is 1. The molecule has 0 amide bonds. The van der Waals surface area contributed by atoms with Gasteiger partial charge < -0.3 is 10.5 Å². The molecule has 2 heteroatoms. The predicted octanol–water partition coefficient (Wildman–Crippen LogP) is 2.37. The lowest BCUT2D eigenvalue weighted by molar-refractivity contribution is 0.414. The second kappa shape index (κ2) is 5.66. The standard InChI is InChI=1S/C12H19NO/c1-10(13)4-3-5-11-6-8-12(14-2)9-7-11/h6-10H,3-5,13H2,1-2H3/t10-/m0/s1. The Morgan fingerprint density at radius 3 is 2.43 bits per heavy atom. The molecule has 0 saturated heterocycles. The number of hydrogen-bond donors (Lipinski definition) is 1. The van der Waals surface area contributed by atoms with Crippen molar-refractivity contribution in [1.82, 2.24) is 0 Å². The molecule has 0 aromatic heterocycles. The highest BCUT2D eigenvalue weighted by atomic mass is 16.5. The van der Waals surface area contributed by atoms with E-state index in [1.54, 1.807) is 7.11 Å². The number of benzene rings is 1. The first-order valence-corrected chi connectivity index (χ1v) is 5.11. The van der Waals surface area contributed by atoms with Crippen LogP contribution in [0.15, 0.2) is 24.3 Å². The minimum absolute atomic E-state index is 0.313. The van der Waals surface area contributed by atoms with Gasteiger partial charge in [-0.1, -0.05) is 12.1 Å². The van der Waals surface area contributed by atoms with Crippen molar-refractivity contribution >= 4 is 0 Å². The number of rotatable bonds is 5. The van der Waals surface area contributed by atoms with Gasteiger partial charge in [-0.25, -0.2) is 0 Å². The fourth-order valence-electron chi connectivity index (χ4n) is 1.42. The van der Waals surface area contributed by atoms with Crippen LogP contribution in [0, 0.1) is 0 Å². The summed E-state index contributed by atoms with van der Waals surface area (Å²) in [4.78, 5) is 0. The Bertz CT molecular complexity index is 254. The second-order valence-corrected chi connectivity index (χ2v) is 3.72. The van der Waals surface area contributed by atoms with E-state index in [-0.39, 0.29) is 0 Å². The summed E-state index contributed by atoms with van der Waals surface area (Å²) < 4.78 is 5.09. The van der Waals surface area contributed by atoms with Crippen LogP contribution < -0.4 is 10.5 Å². The van der Waals surface area contributed by atoms with Crippen molar-refractivity contribution in [3.63, 3.8) is 0 Å². The fourth-order valence-corrected chi connectivity index (χ4v) is 1.42. The van der Waals surface area contributed by atoms with Crippen molar-refractivity contribution in [2.24, 2.45) is 5.73 Å². The van der Waals surface area contributed by atoms with E-state index in [2.05, 4.69) is 12.1 Å². The zero-order chi connectivity index (χ0) is 10.4. The van der Waals surface area contributed by atoms with E-state index in [1.165, 1.54) is 5.56 Å². The van der Waals surface area contributed by atoms with Crippen LogP contribution in [0.25, 0.3) is 0 Å². The monoisotopic (exact) mass is 193 g/mol. The molecule has 0 spiro atoms. The Morgan fingerprint density at radius 1 is 1.29 bits per heavy atom. The lowest BCUT2D eigenvalue weighted by Crippen LogP contribution is -2.14. The molecule has 0 aliphatic carbocycles. The van der Waals surface area contributed by atoms with Gasteiger partial charge >= 0.3 is 0 Å². The SMILES string of the molecule is COc1ccc(CCC[C@H](C)N)cc1. The van der Waals surface area contributed by atoms with Gasteiger partial charge in [0, 0.05) is 6.04 Å². The molecule has 1 atom stereocenters. The quantitative estimate of drug-likeness (QED) is 0.779. The Hall–Kier alpha value is -1.02. The van der Waals surface area contributed by atoms with Crippen LogP contribution in [0.3, 0.4) is 0 Å². The van der Waals surface area contributed by atoms with Gasteiger partial charge in [0.2, 0.25) is 0 Å². The Morgan fingerprint density at radius 2 is 1.93 bits per heavy atom. The summed E-state index contributed by atoms with van der Waals surface area (Å²) >= 11 is 0. The van der Waals surface area contributed by atoms with E-state index in [0.29, 0.717) is 6.04 Å². The molecule has 0 bridgehead atoms. The maximum atomic E-state index is 5.68. The highest BCUT2D eigenvalue weighted by Crippen LogP contribution is 2.13. The molecule has 2 nitrogen and oxygen atoms in total. The first-order valence-electron chi connectivity index (χ1n) is 5.11. The van der Waals surface area contributed by atoms with Crippen LogP contribution >= 0.6 is 0 Å². The third-order valence-electron chi connectivity index (χ3n) is 2.28. The minimum atomic E-state index is 0.313. The van der Waals surface area contributed by atoms with Crippen LogP contribution in [0.1, 0.15) is 25.3 Å². The van der Waals surface area contributed by atoms with E-state index in [0.717, 1.165) is 25.0 Å². The van der Waals surface area contributed by atoms with E-state index in [9.17, 15) is 0 Å². The largest absolute Gasteiger partial charge is 0.497 e. The summed E-state index contributed by atoms with van der Waals surface area (Å²) in [7, 11) is 1.69. The normalized spacial score (nSPS) is 12.5. The van der Waals surface area contributed by atoms with Crippen LogP contribution in [0.2, 0.25) is 0 Å². The van der Waals surface area contributed by atoms with E-state index >= 15 is 0 Å². The molecule has 0 heterocycles. The number of methoxy groups -OCH3 is 1. The highest BCUT2D eigenvalue weighted by molar-refractivity contribution is 5.27.